The molecule has 1 aliphatic heterocycles. The van der Waals surface area contributed by atoms with Crippen molar-refractivity contribution >= 4 is 46.7 Å². The molecule has 1 amide bonds. The first-order valence-electron chi connectivity index (χ1n) is 12.5. The minimum atomic E-state index is -0.653. The van der Waals surface area contributed by atoms with E-state index in [1.807, 2.05) is 30.3 Å². The zero-order valence-corrected chi connectivity index (χ0v) is 23.4. The van der Waals surface area contributed by atoms with Gasteiger partial charge in [0.15, 0.2) is 5.78 Å². The Bertz CT molecular complexity index is 1530. The van der Waals surface area contributed by atoms with E-state index in [1.54, 1.807) is 62.4 Å². The van der Waals surface area contributed by atoms with Crippen LogP contribution < -0.4 is 10.6 Å². The maximum Gasteiger partial charge on any atom is 0.338 e. The number of hydrogen-bond donors (Lipinski definition) is 2. The molecule has 2 N–H and O–H groups in total. The van der Waals surface area contributed by atoms with Crippen LogP contribution in [0.2, 0.25) is 5.02 Å². The van der Waals surface area contributed by atoms with Crippen molar-refractivity contribution in [2.75, 3.05) is 17.7 Å². The van der Waals surface area contributed by atoms with Crippen LogP contribution in [0, 0.1) is 11.3 Å². The summed E-state index contributed by atoms with van der Waals surface area (Å²) >= 11 is 7.16. The number of ether oxygens (including phenoxy) is 1. The van der Waals surface area contributed by atoms with Crippen molar-refractivity contribution in [2.45, 2.75) is 19.8 Å². The van der Waals surface area contributed by atoms with Gasteiger partial charge in [-0.25, -0.2) is 4.79 Å². The van der Waals surface area contributed by atoms with Gasteiger partial charge in [-0.15, -0.1) is 0 Å². The Morgan fingerprint density at radius 2 is 1.65 bits per heavy atom. The topological polar surface area (TPSA) is 108 Å². The number of amides is 1. The fourth-order valence-electron chi connectivity index (χ4n) is 4.27. The fraction of sp³-hybridized carbons (Fsp3) is 0.161. The van der Waals surface area contributed by atoms with Crippen molar-refractivity contribution in [1.29, 1.82) is 5.26 Å². The largest absolute Gasteiger partial charge is 0.462 e. The lowest BCUT2D eigenvalue weighted by molar-refractivity contribution is -0.113. The predicted molar refractivity (Wildman–Crippen MR) is 157 cm³/mol. The summed E-state index contributed by atoms with van der Waals surface area (Å²) in [5.74, 6) is -1.50. The minimum Gasteiger partial charge on any atom is -0.462 e. The number of nitriles is 1. The molecule has 4 rings (SSSR count). The van der Waals surface area contributed by atoms with Gasteiger partial charge in [0, 0.05) is 27.5 Å². The Balaban J connectivity index is 1.61. The van der Waals surface area contributed by atoms with Gasteiger partial charge in [-0.3, -0.25) is 9.59 Å². The van der Waals surface area contributed by atoms with Crippen LogP contribution in [0.1, 0.15) is 46.0 Å². The lowest BCUT2D eigenvalue weighted by atomic mass is 9.82. The molecule has 40 heavy (non-hydrogen) atoms. The van der Waals surface area contributed by atoms with Crippen LogP contribution in [0.3, 0.4) is 0 Å². The number of nitrogens with one attached hydrogen (secondary N) is 2. The van der Waals surface area contributed by atoms with Gasteiger partial charge in [0.25, 0.3) is 5.91 Å². The van der Waals surface area contributed by atoms with Crippen LogP contribution in [0.25, 0.3) is 0 Å². The summed E-state index contributed by atoms with van der Waals surface area (Å²) in [7, 11) is 0. The highest BCUT2D eigenvalue weighted by atomic mass is 35.5. The first-order chi connectivity index (χ1) is 19.3. The molecule has 1 aliphatic rings. The number of thioether (sulfide) groups is 1. The number of ketones is 1. The number of Topliss-reactive ketones (excluding diaryl/α,β-unsaturated/α-hetero) is 1. The summed E-state index contributed by atoms with van der Waals surface area (Å²) in [4.78, 5) is 38.4. The maximum absolute atomic E-state index is 13.6. The molecule has 0 aromatic heterocycles. The van der Waals surface area contributed by atoms with Gasteiger partial charge in [-0.1, -0.05) is 53.7 Å². The summed E-state index contributed by atoms with van der Waals surface area (Å²) in [6.07, 6.45) is 0. The van der Waals surface area contributed by atoms with E-state index in [4.69, 9.17) is 16.3 Å². The lowest BCUT2D eigenvalue weighted by Crippen LogP contribution is -2.31. The molecule has 0 saturated carbocycles. The second kappa shape index (κ2) is 13.2. The molecule has 1 heterocycles. The molecule has 3 aromatic rings. The van der Waals surface area contributed by atoms with E-state index in [1.165, 1.54) is 11.8 Å². The normalized spacial score (nSPS) is 14.7. The molecular formula is C31H26ClN3O4S. The van der Waals surface area contributed by atoms with Crippen molar-refractivity contribution in [3.05, 3.63) is 122 Å². The average molecular weight is 572 g/mol. The summed E-state index contributed by atoms with van der Waals surface area (Å²) in [6, 6.07) is 24.6. The Kier molecular flexibility index (Phi) is 9.43. The number of halogens is 1. The molecule has 9 heteroatoms. The molecule has 0 aliphatic carbocycles. The fourth-order valence-corrected chi connectivity index (χ4v) is 5.38. The van der Waals surface area contributed by atoms with E-state index < -0.39 is 17.8 Å². The highest BCUT2D eigenvalue weighted by molar-refractivity contribution is 8.03. The van der Waals surface area contributed by atoms with Crippen LogP contribution in [-0.2, 0) is 9.53 Å². The van der Waals surface area contributed by atoms with Gasteiger partial charge >= 0.3 is 5.97 Å². The third kappa shape index (κ3) is 6.63. The van der Waals surface area contributed by atoms with Crippen LogP contribution in [0.5, 0.6) is 0 Å². The van der Waals surface area contributed by atoms with Gasteiger partial charge in [-0.05, 0) is 67.9 Å². The Morgan fingerprint density at radius 1 is 1.00 bits per heavy atom. The van der Waals surface area contributed by atoms with Gasteiger partial charge in [0.1, 0.15) is 0 Å². The molecule has 7 nitrogen and oxygen atoms in total. The number of hydrogen-bond acceptors (Lipinski definition) is 7. The van der Waals surface area contributed by atoms with Crippen molar-refractivity contribution in [3.63, 3.8) is 0 Å². The molecule has 0 saturated heterocycles. The van der Waals surface area contributed by atoms with Gasteiger partial charge in [-0.2, -0.15) is 5.26 Å². The monoisotopic (exact) mass is 571 g/mol. The lowest BCUT2D eigenvalue weighted by Gasteiger charge is -2.30. The molecule has 0 radical (unpaired) electrons. The van der Waals surface area contributed by atoms with Gasteiger partial charge < -0.3 is 15.4 Å². The Morgan fingerprint density at radius 3 is 2.27 bits per heavy atom. The van der Waals surface area contributed by atoms with Crippen molar-refractivity contribution < 1.29 is 19.1 Å². The second-order valence-electron chi connectivity index (χ2n) is 8.83. The first kappa shape index (κ1) is 28.7. The number of benzene rings is 3. The second-order valence-corrected chi connectivity index (χ2v) is 10.3. The van der Waals surface area contributed by atoms with E-state index in [-0.39, 0.29) is 18.1 Å². The van der Waals surface area contributed by atoms with Crippen molar-refractivity contribution in [3.8, 4) is 6.07 Å². The van der Waals surface area contributed by atoms with Crippen LogP contribution in [-0.4, -0.2) is 30.0 Å². The predicted octanol–water partition coefficient (Wildman–Crippen LogP) is 6.47. The molecule has 1 atom stereocenters. The van der Waals surface area contributed by atoms with E-state index in [2.05, 4.69) is 16.7 Å². The number of nitrogens with zero attached hydrogens (tertiary/aromatic N) is 1. The molecule has 0 spiro atoms. The smallest absolute Gasteiger partial charge is 0.338 e. The molecular weight excluding hydrogens is 546 g/mol. The molecule has 0 bridgehead atoms. The maximum atomic E-state index is 13.6. The zero-order chi connectivity index (χ0) is 28.6. The molecule has 0 fully saturated rings. The van der Waals surface area contributed by atoms with E-state index in [0.717, 1.165) is 5.56 Å². The number of allylic oxidation sites excluding steroid dienone is 2. The van der Waals surface area contributed by atoms with E-state index in [0.29, 0.717) is 43.7 Å². The number of carbonyl (C=O) groups is 3. The number of esters is 1. The summed E-state index contributed by atoms with van der Waals surface area (Å²) in [5.41, 5.74) is 3.44. The summed E-state index contributed by atoms with van der Waals surface area (Å²) < 4.78 is 5.01. The van der Waals surface area contributed by atoms with E-state index in [9.17, 15) is 19.6 Å². The molecule has 3 aromatic carbocycles. The Hall–Kier alpha value is -4.32. The highest BCUT2D eigenvalue weighted by Crippen LogP contribution is 2.41. The number of dihydropyridines is 1. The summed E-state index contributed by atoms with van der Waals surface area (Å²) in [5, 5.41) is 17.4. The number of anilines is 1. The van der Waals surface area contributed by atoms with E-state index >= 15 is 0 Å². The average Bonchev–Trinajstić information content (AvgIpc) is 2.96. The third-order valence-corrected chi connectivity index (χ3v) is 7.46. The van der Waals surface area contributed by atoms with Crippen LogP contribution in [0.4, 0.5) is 5.69 Å². The number of rotatable bonds is 9. The van der Waals surface area contributed by atoms with Crippen molar-refractivity contribution in [1.82, 2.24) is 5.32 Å². The molecule has 202 valence electrons. The SMILES string of the molecule is CCOC(=O)c1ccc(NC(=O)C2=C(C)NC(SCC(=O)c3ccc(Cl)cc3)=C(C#N)[C@@H]2c2ccccc2)cc1. The Labute approximate surface area is 241 Å². The third-order valence-electron chi connectivity index (χ3n) is 6.19. The van der Waals surface area contributed by atoms with Crippen molar-refractivity contribution in [2.24, 2.45) is 0 Å². The van der Waals surface area contributed by atoms with Gasteiger partial charge in [0.05, 0.1) is 40.5 Å². The molecule has 0 unspecified atom stereocenters. The highest BCUT2D eigenvalue weighted by Gasteiger charge is 2.35. The van der Waals surface area contributed by atoms with Crippen LogP contribution >= 0.6 is 23.4 Å². The zero-order valence-electron chi connectivity index (χ0n) is 21.9. The first-order valence-corrected chi connectivity index (χ1v) is 13.9. The van der Waals surface area contributed by atoms with Gasteiger partial charge in [0.2, 0.25) is 0 Å². The van der Waals surface area contributed by atoms with Crippen LogP contribution in [0.15, 0.2) is 101 Å². The number of carbonyl (C=O) groups excluding carboxylic acids is 3. The standard InChI is InChI=1S/C31H26ClN3O4S/c1-3-39-31(38)22-11-15-24(16-12-22)35-29(37)27-19(2)34-30(25(17-33)28(27)21-7-5-4-6-8-21)40-18-26(36)20-9-13-23(32)14-10-20/h4-16,28,34H,3,18H2,1-2H3,(H,35,37)/t28-/m0/s1. The quantitative estimate of drug-likeness (QED) is 0.224. The minimum absolute atomic E-state index is 0.0955. The summed E-state index contributed by atoms with van der Waals surface area (Å²) in [6.45, 7) is 3.77.